The normalized spacial score (nSPS) is 7.82. The van der Waals surface area contributed by atoms with Gasteiger partial charge in [0.15, 0.2) is 0 Å². The number of hydrogen-bond donors (Lipinski definition) is 0. The smallest absolute Gasteiger partial charge is 0.118 e. The average Bonchev–Trinajstić information content (AvgIpc) is 2.10. The Kier molecular flexibility index (Phi) is 4.82. The Hall–Kier alpha value is -1.31. The summed E-state index contributed by atoms with van der Waals surface area (Å²) in [5.41, 5.74) is 1.26. The Labute approximate surface area is 66.8 Å². The van der Waals surface area contributed by atoms with E-state index in [9.17, 15) is 0 Å². The lowest BCUT2D eigenvalue weighted by molar-refractivity contribution is -0.0979. The summed E-state index contributed by atoms with van der Waals surface area (Å²) in [6, 6.07) is 7.96. The van der Waals surface area contributed by atoms with E-state index in [1.807, 2.05) is 31.1 Å². The molecule has 1 rings (SSSR count). The van der Waals surface area contributed by atoms with E-state index in [-0.39, 0.29) is 0 Å². The van der Waals surface area contributed by atoms with E-state index in [0.717, 1.165) is 5.75 Å². The zero-order chi connectivity index (χ0) is 8.69. The first-order chi connectivity index (χ1) is 5.33. The van der Waals surface area contributed by atoms with Crippen molar-refractivity contribution in [1.82, 2.24) is 0 Å². The van der Waals surface area contributed by atoms with Crippen LogP contribution in [0.1, 0.15) is 5.56 Å². The fourth-order valence-corrected chi connectivity index (χ4v) is 0.674. The van der Waals surface area contributed by atoms with E-state index in [4.69, 9.17) is 9.53 Å². The predicted octanol–water partition coefficient (Wildman–Crippen LogP) is 1.82. The maximum atomic E-state index is 8.00. The van der Waals surface area contributed by atoms with Crippen molar-refractivity contribution in [2.75, 3.05) is 7.11 Å². The van der Waals surface area contributed by atoms with Gasteiger partial charge in [-0.15, -0.1) is 0 Å². The van der Waals surface area contributed by atoms with Gasteiger partial charge in [-0.3, -0.25) is 0 Å². The van der Waals surface area contributed by atoms with Crippen LogP contribution in [-0.2, 0) is 4.79 Å². The first-order valence-corrected chi connectivity index (χ1v) is 3.22. The van der Waals surface area contributed by atoms with Crippen molar-refractivity contribution in [3.63, 3.8) is 0 Å². The molecule has 0 bridgehead atoms. The molecule has 0 N–H and O–H groups in total. The summed E-state index contributed by atoms with van der Waals surface area (Å²) in [5, 5.41) is 0. The molecule has 60 valence electrons. The standard InChI is InChI=1S/C8H10O.CH2O/c1-7-3-5-8(9-2)6-4-7;1-2/h3-6H,1-2H3;1H2. The maximum absolute atomic E-state index is 8.00. The number of carbonyl (C=O) groups excluding carboxylic acids is 1. The highest BCUT2D eigenvalue weighted by molar-refractivity contribution is 5.25. The highest BCUT2D eigenvalue weighted by Crippen LogP contribution is 2.09. The molecule has 0 saturated carbocycles. The number of benzene rings is 1. The monoisotopic (exact) mass is 152 g/mol. The summed E-state index contributed by atoms with van der Waals surface area (Å²) in [6.45, 7) is 4.06. The Morgan fingerprint density at radius 1 is 1.18 bits per heavy atom. The highest BCUT2D eigenvalue weighted by Gasteiger charge is 1.85. The molecule has 1 aromatic rings. The van der Waals surface area contributed by atoms with Crippen molar-refractivity contribution in [3.05, 3.63) is 29.8 Å². The molecule has 0 radical (unpaired) electrons. The fraction of sp³-hybridized carbons (Fsp3) is 0.222. The molecule has 1 aromatic carbocycles. The second-order valence-electron chi connectivity index (χ2n) is 2.02. The first kappa shape index (κ1) is 9.69. The number of carbonyl (C=O) groups is 1. The van der Waals surface area contributed by atoms with Gasteiger partial charge in [0.05, 0.1) is 7.11 Å². The third-order valence-electron chi connectivity index (χ3n) is 1.26. The number of ether oxygens (including phenoxy) is 1. The fourth-order valence-electron chi connectivity index (χ4n) is 0.674. The highest BCUT2D eigenvalue weighted by atomic mass is 16.5. The van der Waals surface area contributed by atoms with E-state index >= 15 is 0 Å². The van der Waals surface area contributed by atoms with E-state index in [2.05, 4.69) is 6.92 Å². The maximum Gasteiger partial charge on any atom is 0.118 e. The average molecular weight is 152 g/mol. The van der Waals surface area contributed by atoms with Gasteiger partial charge in [-0.2, -0.15) is 0 Å². The van der Waals surface area contributed by atoms with Gasteiger partial charge < -0.3 is 9.53 Å². The third-order valence-corrected chi connectivity index (χ3v) is 1.26. The molecule has 0 fully saturated rings. The van der Waals surface area contributed by atoms with Crippen molar-refractivity contribution in [2.24, 2.45) is 0 Å². The molecule has 0 saturated heterocycles. The molecule has 0 spiro atoms. The summed E-state index contributed by atoms with van der Waals surface area (Å²) in [6.07, 6.45) is 0. The summed E-state index contributed by atoms with van der Waals surface area (Å²) >= 11 is 0. The second kappa shape index (κ2) is 5.47. The second-order valence-corrected chi connectivity index (χ2v) is 2.02. The van der Waals surface area contributed by atoms with Gasteiger partial charge in [0, 0.05) is 0 Å². The molecule has 0 aliphatic carbocycles. The minimum absolute atomic E-state index is 0.917. The SMILES string of the molecule is C=O.COc1ccc(C)cc1. The van der Waals surface area contributed by atoms with Crippen LogP contribution < -0.4 is 4.74 Å². The quantitative estimate of drug-likeness (QED) is 0.613. The molecular weight excluding hydrogens is 140 g/mol. The number of methoxy groups -OCH3 is 1. The van der Waals surface area contributed by atoms with Crippen molar-refractivity contribution in [2.45, 2.75) is 6.92 Å². The van der Waals surface area contributed by atoms with Gasteiger partial charge >= 0.3 is 0 Å². The van der Waals surface area contributed by atoms with Crippen LogP contribution in [0.25, 0.3) is 0 Å². The summed E-state index contributed by atoms with van der Waals surface area (Å²) in [5.74, 6) is 0.917. The Morgan fingerprint density at radius 3 is 2.00 bits per heavy atom. The van der Waals surface area contributed by atoms with Crippen molar-refractivity contribution < 1.29 is 9.53 Å². The summed E-state index contributed by atoms with van der Waals surface area (Å²) < 4.78 is 4.97. The lowest BCUT2D eigenvalue weighted by Crippen LogP contribution is -1.80. The third kappa shape index (κ3) is 3.40. The van der Waals surface area contributed by atoms with E-state index in [1.54, 1.807) is 7.11 Å². The van der Waals surface area contributed by atoms with Crippen LogP contribution in [0.5, 0.6) is 5.75 Å². The van der Waals surface area contributed by atoms with Gasteiger partial charge in [0.25, 0.3) is 0 Å². The zero-order valence-corrected chi connectivity index (χ0v) is 6.83. The first-order valence-electron chi connectivity index (χ1n) is 3.22. The van der Waals surface area contributed by atoms with Crippen molar-refractivity contribution in [3.8, 4) is 5.75 Å². The van der Waals surface area contributed by atoms with Crippen LogP contribution in [0.4, 0.5) is 0 Å². The number of rotatable bonds is 1. The molecule has 0 amide bonds. The van der Waals surface area contributed by atoms with Crippen molar-refractivity contribution in [1.29, 1.82) is 0 Å². The lowest BCUT2D eigenvalue weighted by Gasteiger charge is -1.97. The van der Waals surface area contributed by atoms with Crippen LogP contribution in [0, 0.1) is 6.92 Å². The van der Waals surface area contributed by atoms with E-state index in [0.29, 0.717) is 0 Å². The molecule has 0 unspecified atom stereocenters. The largest absolute Gasteiger partial charge is 0.497 e. The predicted molar refractivity (Wildman–Crippen MR) is 44.9 cm³/mol. The Balaban J connectivity index is 0.000000461. The molecule has 0 aliphatic heterocycles. The molecule has 0 aromatic heterocycles. The van der Waals surface area contributed by atoms with Crippen LogP contribution in [0.2, 0.25) is 0 Å². The number of aryl methyl sites for hydroxylation is 1. The van der Waals surface area contributed by atoms with Crippen LogP contribution in [0.3, 0.4) is 0 Å². The molecule has 0 aliphatic rings. The van der Waals surface area contributed by atoms with Crippen LogP contribution in [0.15, 0.2) is 24.3 Å². The minimum atomic E-state index is 0.917. The summed E-state index contributed by atoms with van der Waals surface area (Å²) in [7, 11) is 1.67. The van der Waals surface area contributed by atoms with E-state index < -0.39 is 0 Å². The molecule has 0 heterocycles. The zero-order valence-electron chi connectivity index (χ0n) is 6.83. The van der Waals surface area contributed by atoms with Gasteiger partial charge in [-0.25, -0.2) is 0 Å². The lowest BCUT2D eigenvalue weighted by atomic mass is 10.2. The minimum Gasteiger partial charge on any atom is -0.497 e. The molecule has 0 atom stereocenters. The van der Waals surface area contributed by atoms with Crippen LogP contribution in [-0.4, -0.2) is 13.9 Å². The topological polar surface area (TPSA) is 26.3 Å². The van der Waals surface area contributed by atoms with Crippen molar-refractivity contribution >= 4 is 6.79 Å². The molecule has 2 nitrogen and oxygen atoms in total. The molecule has 11 heavy (non-hydrogen) atoms. The van der Waals surface area contributed by atoms with Crippen LogP contribution >= 0.6 is 0 Å². The summed E-state index contributed by atoms with van der Waals surface area (Å²) in [4.78, 5) is 8.00. The Bertz CT molecular complexity index is 191. The van der Waals surface area contributed by atoms with E-state index in [1.165, 1.54) is 5.56 Å². The van der Waals surface area contributed by atoms with Gasteiger partial charge in [-0.1, -0.05) is 17.7 Å². The molecule has 2 heteroatoms. The van der Waals surface area contributed by atoms with Gasteiger partial charge in [0.2, 0.25) is 0 Å². The molecular formula is C9H12O2. The number of hydrogen-bond acceptors (Lipinski definition) is 2. The van der Waals surface area contributed by atoms with Gasteiger partial charge in [0.1, 0.15) is 12.5 Å². The Morgan fingerprint density at radius 2 is 1.64 bits per heavy atom. The van der Waals surface area contributed by atoms with Gasteiger partial charge in [-0.05, 0) is 19.1 Å².